The van der Waals surface area contributed by atoms with Gasteiger partial charge in [-0.2, -0.15) is 0 Å². The van der Waals surface area contributed by atoms with E-state index >= 15 is 0 Å². The molecule has 4 N–H and O–H groups in total. The van der Waals surface area contributed by atoms with E-state index in [1.807, 2.05) is 0 Å². The van der Waals surface area contributed by atoms with Crippen molar-refractivity contribution in [2.24, 2.45) is 11.7 Å². The van der Waals surface area contributed by atoms with Gasteiger partial charge >= 0.3 is 0 Å². The molecule has 0 saturated carbocycles. The first-order valence-corrected chi connectivity index (χ1v) is 6.36. The second-order valence-corrected chi connectivity index (χ2v) is 4.89. The highest BCUT2D eigenvalue weighted by Gasteiger charge is 2.15. The Labute approximate surface area is 103 Å². The molecule has 1 fully saturated rings. The SMILES string of the molecule is CC(CC(N)=O)NC(=O)CCC1CCCNC1. The van der Waals surface area contributed by atoms with Crippen LogP contribution in [0.2, 0.25) is 0 Å². The third-order valence-electron chi connectivity index (χ3n) is 3.09. The molecule has 0 aromatic carbocycles. The molecule has 1 aliphatic rings. The summed E-state index contributed by atoms with van der Waals surface area (Å²) in [4.78, 5) is 22.3. The highest BCUT2D eigenvalue weighted by molar-refractivity contribution is 5.78. The summed E-state index contributed by atoms with van der Waals surface area (Å²) in [5, 5.41) is 6.12. The zero-order valence-electron chi connectivity index (χ0n) is 10.5. The first-order chi connectivity index (χ1) is 8.08. The molecule has 1 heterocycles. The number of rotatable bonds is 6. The Kier molecular flexibility index (Phi) is 5.97. The van der Waals surface area contributed by atoms with Gasteiger partial charge in [0.2, 0.25) is 11.8 Å². The van der Waals surface area contributed by atoms with Gasteiger partial charge in [-0.1, -0.05) is 0 Å². The largest absolute Gasteiger partial charge is 0.370 e. The van der Waals surface area contributed by atoms with Crippen LogP contribution in [0.1, 0.15) is 39.0 Å². The number of carbonyl (C=O) groups is 2. The molecule has 0 radical (unpaired) electrons. The van der Waals surface area contributed by atoms with Crippen LogP contribution in [-0.2, 0) is 9.59 Å². The lowest BCUT2D eigenvalue weighted by molar-refractivity contribution is -0.122. The molecule has 98 valence electrons. The number of primary amides is 1. The van der Waals surface area contributed by atoms with Crippen molar-refractivity contribution in [3.8, 4) is 0 Å². The molecule has 2 atom stereocenters. The number of hydrogen-bond acceptors (Lipinski definition) is 3. The average molecular weight is 241 g/mol. The third kappa shape index (κ3) is 6.26. The molecule has 1 saturated heterocycles. The van der Waals surface area contributed by atoms with E-state index in [9.17, 15) is 9.59 Å². The van der Waals surface area contributed by atoms with Gasteiger partial charge < -0.3 is 16.4 Å². The van der Waals surface area contributed by atoms with Crippen LogP contribution in [0, 0.1) is 5.92 Å². The van der Waals surface area contributed by atoms with Crippen LogP contribution < -0.4 is 16.4 Å². The van der Waals surface area contributed by atoms with Crippen molar-refractivity contribution in [3.63, 3.8) is 0 Å². The van der Waals surface area contributed by atoms with Crippen LogP contribution in [-0.4, -0.2) is 30.9 Å². The van der Waals surface area contributed by atoms with Gasteiger partial charge in [0.05, 0.1) is 0 Å². The highest BCUT2D eigenvalue weighted by atomic mass is 16.2. The Morgan fingerprint density at radius 1 is 1.53 bits per heavy atom. The maximum Gasteiger partial charge on any atom is 0.220 e. The van der Waals surface area contributed by atoms with E-state index in [0.717, 1.165) is 19.5 Å². The van der Waals surface area contributed by atoms with Gasteiger partial charge in [0, 0.05) is 18.9 Å². The molecule has 17 heavy (non-hydrogen) atoms. The van der Waals surface area contributed by atoms with Crippen molar-refractivity contribution in [2.75, 3.05) is 13.1 Å². The second-order valence-electron chi connectivity index (χ2n) is 4.89. The van der Waals surface area contributed by atoms with Crippen LogP contribution >= 0.6 is 0 Å². The molecule has 0 aromatic rings. The molecule has 5 nitrogen and oxygen atoms in total. The van der Waals surface area contributed by atoms with Crippen molar-refractivity contribution in [2.45, 2.75) is 45.1 Å². The fourth-order valence-corrected chi connectivity index (χ4v) is 2.21. The van der Waals surface area contributed by atoms with E-state index in [4.69, 9.17) is 5.73 Å². The fraction of sp³-hybridized carbons (Fsp3) is 0.833. The molecule has 5 heteroatoms. The van der Waals surface area contributed by atoms with Crippen LogP contribution in [0.3, 0.4) is 0 Å². The highest BCUT2D eigenvalue weighted by Crippen LogP contribution is 2.15. The average Bonchev–Trinajstić information content (AvgIpc) is 2.26. The van der Waals surface area contributed by atoms with E-state index < -0.39 is 0 Å². The maximum atomic E-state index is 11.6. The van der Waals surface area contributed by atoms with Crippen molar-refractivity contribution in [1.82, 2.24) is 10.6 Å². The molecule has 1 rings (SSSR count). The number of hydrogen-bond donors (Lipinski definition) is 3. The van der Waals surface area contributed by atoms with E-state index in [1.165, 1.54) is 12.8 Å². The van der Waals surface area contributed by atoms with Gasteiger partial charge in [-0.15, -0.1) is 0 Å². The summed E-state index contributed by atoms with van der Waals surface area (Å²) in [5.74, 6) is 0.250. The summed E-state index contributed by atoms with van der Waals surface area (Å²) in [6.07, 6.45) is 4.07. The minimum absolute atomic E-state index is 0.0179. The quantitative estimate of drug-likeness (QED) is 0.618. The predicted molar refractivity (Wildman–Crippen MR) is 66.2 cm³/mol. The summed E-state index contributed by atoms with van der Waals surface area (Å²) < 4.78 is 0. The molecular weight excluding hydrogens is 218 g/mol. The van der Waals surface area contributed by atoms with Crippen LogP contribution in [0.25, 0.3) is 0 Å². The maximum absolute atomic E-state index is 11.6. The molecule has 2 amide bonds. The standard InChI is InChI=1S/C12H23N3O2/c1-9(7-11(13)16)15-12(17)5-4-10-3-2-6-14-8-10/h9-10,14H,2-8H2,1H3,(H2,13,16)(H,15,17). The Bertz CT molecular complexity index is 262. The minimum atomic E-state index is -0.380. The first kappa shape index (κ1) is 14.0. The molecular formula is C12H23N3O2. The van der Waals surface area contributed by atoms with E-state index in [-0.39, 0.29) is 24.3 Å². The number of amides is 2. The van der Waals surface area contributed by atoms with Crippen molar-refractivity contribution < 1.29 is 9.59 Å². The predicted octanol–water partition coefficient (Wildman–Crippen LogP) is 0.146. The number of piperidine rings is 1. The molecule has 0 spiro atoms. The Hall–Kier alpha value is -1.10. The lowest BCUT2D eigenvalue weighted by Gasteiger charge is -2.22. The van der Waals surface area contributed by atoms with Gasteiger partial charge in [-0.3, -0.25) is 9.59 Å². The molecule has 2 unspecified atom stereocenters. The second kappa shape index (κ2) is 7.27. The minimum Gasteiger partial charge on any atom is -0.370 e. The van der Waals surface area contributed by atoms with Gasteiger partial charge in [0.25, 0.3) is 0 Å². The lowest BCUT2D eigenvalue weighted by atomic mass is 9.94. The van der Waals surface area contributed by atoms with Gasteiger partial charge in [-0.05, 0) is 45.2 Å². The van der Waals surface area contributed by atoms with Gasteiger partial charge in [0.15, 0.2) is 0 Å². The zero-order valence-corrected chi connectivity index (χ0v) is 10.5. The van der Waals surface area contributed by atoms with Gasteiger partial charge in [0.1, 0.15) is 0 Å². The summed E-state index contributed by atoms with van der Waals surface area (Å²) >= 11 is 0. The molecule has 0 aromatic heterocycles. The van der Waals surface area contributed by atoms with Crippen LogP contribution in [0.4, 0.5) is 0 Å². The zero-order chi connectivity index (χ0) is 12.7. The van der Waals surface area contributed by atoms with Crippen molar-refractivity contribution >= 4 is 11.8 Å². The van der Waals surface area contributed by atoms with E-state index in [2.05, 4.69) is 10.6 Å². The Morgan fingerprint density at radius 2 is 2.29 bits per heavy atom. The van der Waals surface area contributed by atoms with E-state index in [1.54, 1.807) is 6.92 Å². The van der Waals surface area contributed by atoms with Crippen molar-refractivity contribution in [3.05, 3.63) is 0 Å². The summed E-state index contributed by atoms with van der Waals surface area (Å²) in [6, 6.07) is -0.163. The third-order valence-corrected chi connectivity index (χ3v) is 3.09. The smallest absolute Gasteiger partial charge is 0.220 e. The molecule has 0 bridgehead atoms. The van der Waals surface area contributed by atoms with Crippen LogP contribution in [0.15, 0.2) is 0 Å². The molecule has 0 aliphatic carbocycles. The Balaban J connectivity index is 2.13. The summed E-state index contributed by atoms with van der Waals surface area (Å²) in [5.41, 5.74) is 5.06. The fourth-order valence-electron chi connectivity index (χ4n) is 2.21. The van der Waals surface area contributed by atoms with Crippen molar-refractivity contribution in [1.29, 1.82) is 0 Å². The Morgan fingerprint density at radius 3 is 2.88 bits per heavy atom. The van der Waals surface area contributed by atoms with E-state index in [0.29, 0.717) is 12.3 Å². The molecule has 1 aliphatic heterocycles. The number of nitrogens with two attached hydrogens (primary N) is 1. The summed E-state index contributed by atoms with van der Waals surface area (Å²) in [6.45, 7) is 3.91. The van der Waals surface area contributed by atoms with Crippen LogP contribution in [0.5, 0.6) is 0 Å². The summed E-state index contributed by atoms with van der Waals surface area (Å²) in [7, 11) is 0. The topological polar surface area (TPSA) is 84.2 Å². The normalized spacial score (nSPS) is 21.8. The number of carbonyl (C=O) groups excluding carboxylic acids is 2. The monoisotopic (exact) mass is 241 g/mol. The first-order valence-electron chi connectivity index (χ1n) is 6.36. The lowest BCUT2D eigenvalue weighted by Crippen LogP contribution is -2.36. The number of nitrogens with one attached hydrogen (secondary N) is 2. The van der Waals surface area contributed by atoms with Gasteiger partial charge in [-0.25, -0.2) is 0 Å².